The third-order valence-electron chi connectivity index (χ3n) is 3.28. The molecule has 0 aliphatic rings. The topological polar surface area (TPSA) is 35.2 Å². The van der Waals surface area contributed by atoms with Gasteiger partial charge in [-0.15, -0.1) is 0 Å². The van der Waals surface area contributed by atoms with Gasteiger partial charge >= 0.3 is 0 Å². The van der Waals surface area contributed by atoms with E-state index in [9.17, 15) is 0 Å². The largest absolute Gasteiger partial charge is 0.489 e. The molecule has 2 aromatic rings. The summed E-state index contributed by atoms with van der Waals surface area (Å²) in [5.41, 5.74) is 8.55. The number of benzene rings is 2. The molecule has 1 atom stereocenters. The van der Waals surface area contributed by atoms with E-state index in [2.05, 4.69) is 32.0 Å². The maximum absolute atomic E-state index is 6.29. The number of hydrogen-bond donors (Lipinski definition) is 1. The van der Waals surface area contributed by atoms with Gasteiger partial charge in [-0.3, -0.25) is 0 Å². The van der Waals surface area contributed by atoms with Crippen LogP contribution in [-0.2, 0) is 6.61 Å². The van der Waals surface area contributed by atoms with Gasteiger partial charge in [0.2, 0.25) is 0 Å². The summed E-state index contributed by atoms with van der Waals surface area (Å²) < 4.78 is 5.95. The zero-order chi connectivity index (χ0) is 14.4. The summed E-state index contributed by atoms with van der Waals surface area (Å²) in [5, 5.41) is 0. The second-order valence-electron chi connectivity index (χ2n) is 5.55. The third-order valence-corrected chi connectivity index (χ3v) is 3.28. The smallest absolute Gasteiger partial charge is 0.124 e. The summed E-state index contributed by atoms with van der Waals surface area (Å²) in [5.74, 6) is 1.47. The lowest BCUT2D eigenvalue weighted by Gasteiger charge is -2.18. The van der Waals surface area contributed by atoms with Gasteiger partial charge in [0.1, 0.15) is 12.4 Å². The lowest BCUT2D eigenvalue weighted by molar-refractivity contribution is 0.299. The molecule has 0 aliphatic carbocycles. The Balaban J connectivity index is 2.08. The van der Waals surface area contributed by atoms with Gasteiger partial charge in [-0.25, -0.2) is 0 Å². The molecule has 0 saturated heterocycles. The van der Waals surface area contributed by atoms with E-state index in [0.29, 0.717) is 12.5 Å². The van der Waals surface area contributed by atoms with Crippen LogP contribution in [0.4, 0.5) is 0 Å². The molecular weight excluding hydrogens is 246 g/mol. The highest BCUT2D eigenvalue weighted by Crippen LogP contribution is 2.28. The Morgan fingerprint density at radius 3 is 2.30 bits per heavy atom. The van der Waals surface area contributed by atoms with Crippen LogP contribution >= 0.6 is 0 Å². The molecule has 20 heavy (non-hydrogen) atoms. The summed E-state index contributed by atoms with van der Waals surface area (Å²) in [6.45, 7) is 4.95. The first-order valence-electron chi connectivity index (χ1n) is 7.18. The Hall–Kier alpha value is -1.80. The molecule has 2 aromatic carbocycles. The fourth-order valence-corrected chi connectivity index (χ4v) is 2.29. The van der Waals surface area contributed by atoms with Crippen LogP contribution in [-0.4, -0.2) is 0 Å². The normalized spacial score (nSPS) is 12.4. The Morgan fingerprint density at radius 1 is 0.950 bits per heavy atom. The fraction of sp³-hybridized carbons (Fsp3) is 0.333. The number of hydrogen-bond acceptors (Lipinski definition) is 2. The van der Waals surface area contributed by atoms with Crippen molar-refractivity contribution in [3.05, 3.63) is 65.7 Å². The lowest BCUT2D eigenvalue weighted by atomic mass is 9.97. The molecule has 0 amide bonds. The fourth-order valence-electron chi connectivity index (χ4n) is 2.29. The number of rotatable bonds is 6. The van der Waals surface area contributed by atoms with Gasteiger partial charge in [-0.05, 0) is 24.0 Å². The molecule has 0 spiro atoms. The Bertz CT molecular complexity index is 522. The average molecular weight is 269 g/mol. The van der Waals surface area contributed by atoms with E-state index in [0.717, 1.165) is 17.7 Å². The van der Waals surface area contributed by atoms with E-state index >= 15 is 0 Å². The van der Waals surface area contributed by atoms with Crippen molar-refractivity contribution in [2.45, 2.75) is 32.9 Å². The first kappa shape index (κ1) is 14.6. The van der Waals surface area contributed by atoms with Gasteiger partial charge in [-0.2, -0.15) is 0 Å². The van der Waals surface area contributed by atoms with Gasteiger partial charge in [0.15, 0.2) is 0 Å². The summed E-state index contributed by atoms with van der Waals surface area (Å²) in [4.78, 5) is 0. The van der Waals surface area contributed by atoms with E-state index in [-0.39, 0.29) is 6.04 Å². The van der Waals surface area contributed by atoms with Crippen molar-refractivity contribution >= 4 is 0 Å². The lowest BCUT2D eigenvalue weighted by Crippen LogP contribution is -2.14. The average Bonchev–Trinajstić information content (AvgIpc) is 2.46. The number of nitrogens with two attached hydrogens (primary N) is 1. The molecule has 2 nitrogen and oxygen atoms in total. The number of ether oxygens (including phenoxy) is 1. The van der Waals surface area contributed by atoms with Crippen LogP contribution in [0.1, 0.15) is 37.4 Å². The van der Waals surface area contributed by atoms with E-state index in [1.807, 2.05) is 36.4 Å². The predicted octanol–water partition coefficient (Wildman–Crippen LogP) is 4.31. The summed E-state index contributed by atoms with van der Waals surface area (Å²) in [6, 6.07) is 18.3. The molecule has 0 unspecified atom stereocenters. The summed E-state index contributed by atoms with van der Waals surface area (Å²) in [6.07, 6.45) is 0.964. The molecule has 0 radical (unpaired) electrons. The van der Waals surface area contributed by atoms with E-state index in [4.69, 9.17) is 10.5 Å². The van der Waals surface area contributed by atoms with Crippen LogP contribution in [0.5, 0.6) is 5.75 Å². The molecule has 0 bridgehead atoms. The van der Waals surface area contributed by atoms with Crippen molar-refractivity contribution < 1.29 is 4.74 Å². The highest BCUT2D eigenvalue weighted by molar-refractivity contribution is 5.36. The van der Waals surface area contributed by atoms with E-state index in [1.165, 1.54) is 5.56 Å². The highest BCUT2D eigenvalue weighted by atomic mass is 16.5. The van der Waals surface area contributed by atoms with Crippen LogP contribution in [0.15, 0.2) is 54.6 Å². The monoisotopic (exact) mass is 269 g/mol. The van der Waals surface area contributed by atoms with Gasteiger partial charge in [-0.1, -0.05) is 62.4 Å². The second-order valence-corrected chi connectivity index (χ2v) is 5.55. The maximum Gasteiger partial charge on any atom is 0.124 e. The second kappa shape index (κ2) is 7.11. The van der Waals surface area contributed by atoms with Crippen molar-refractivity contribution in [3.8, 4) is 5.75 Å². The molecule has 0 saturated carbocycles. The first-order chi connectivity index (χ1) is 9.66. The van der Waals surface area contributed by atoms with Crippen LogP contribution in [0, 0.1) is 5.92 Å². The van der Waals surface area contributed by atoms with Crippen molar-refractivity contribution in [1.29, 1.82) is 0 Å². The van der Waals surface area contributed by atoms with Gasteiger partial charge in [0.25, 0.3) is 0 Å². The minimum Gasteiger partial charge on any atom is -0.489 e. The van der Waals surface area contributed by atoms with Crippen LogP contribution in [0.2, 0.25) is 0 Å². The number of para-hydroxylation sites is 1. The molecule has 2 heteroatoms. The Morgan fingerprint density at radius 2 is 1.60 bits per heavy atom. The molecular formula is C18H23NO. The van der Waals surface area contributed by atoms with Gasteiger partial charge < -0.3 is 10.5 Å². The first-order valence-corrected chi connectivity index (χ1v) is 7.18. The third kappa shape index (κ3) is 4.10. The van der Waals surface area contributed by atoms with Gasteiger partial charge in [0.05, 0.1) is 0 Å². The Kier molecular flexibility index (Phi) is 5.19. The molecule has 0 aromatic heterocycles. The molecule has 2 rings (SSSR count). The predicted molar refractivity (Wildman–Crippen MR) is 83.6 cm³/mol. The van der Waals surface area contributed by atoms with Gasteiger partial charge in [0, 0.05) is 11.6 Å². The molecule has 106 valence electrons. The highest BCUT2D eigenvalue weighted by Gasteiger charge is 2.13. The summed E-state index contributed by atoms with van der Waals surface area (Å²) >= 11 is 0. The van der Waals surface area contributed by atoms with Crippen LogP contribution in [0.25, 0.3) is 0 Å². The van der Waals surface area contributed by atoms with Crippen molar-refractivity contribution in [2.75, 3.05) is 0 Å². The van der Waals surface area contributed by atoms with Crippen molar-refractivity contribution in [3.63, 3.8) is 0 Å². The van der Waals surface area contributed by atoms with Crippen LogP contribution in [0.3, 0.4) is 0 Å². The maximum atomic E-state index is 6.29. The molecule has 0 fully saturated rings. The van der Waals surface area contributed by atoms with Crippen LogP contribution < -0.4 is 10.5 Å². The molecule has 0 aliphatic heterocycles. The minimum atomic E-state index is 0.0296. The minimum absolute atomic E-state index is 0.0296. The molecule has 0 heterocycles. The van der Waals surface area contributed by atoms with E-state index in [1.54, 1.807) is 0 Å². The SMILES string of the molecule is CC(C)C[C@H](N)c1ccccc1OCc1ccccc1. The quantitative estimate of drug-likeness (QED) is 0.848. The van der Waals surface area contributed by atoms with Crippen molar-refractivity contribution in [1.82, 2.24) is 0 Å². The van der Waals surface area contributed by atoms with Crippen molar-refractivity contribution in [2.24, 2.45) is 11.7 Å². The van der Waals surface area contributed by atoms with E-state index < -0.39 is 0 Å². The zero-order valence-electron chi connectivity index (χ0n) is 12.3. The molecule has 2 N–H and O–H groups in total. The Labute approximate surface area is 121 Å². The standard InChI is InChI=1S/C18H23NO/c1-14(2)12-17(19)16-10-6-7-11-18(16)20-13-15-8-4-3-5-9-15/h3-11,14,17H,12-13,19H2,1-2H3/t17-/m0/s1. The summed E-state index contributed by atoms with van der Waals surface area (Å²) in [7, 11) is 0. The zero-order valence-corrected chi connectivity index (χ0v) is 12.3.